The molecule has 28 heavy (non-hydrogen) atoms. The van der Waals surface area contributed by atoms with E-state index in [-0.39, 0.29) is 18.0 Å². The molecule has 0 amide bonds. The molecule has 4 nitrogen and oxygen atoms in total. The Labute approximate surface area is 165 Å². The van der Waals surface area contributed by atoms with Crippen molar-refractivity contribution >= 4 is 5.97 Å². The Hall–Kier alpha value is -2.24. The Morgan fingerprint density at radius 1 is 1.18 bits per heavy atom. The molecule has 0 radical (unpaired) electrons. The molecule has 0 aromatic heterocycles. The lowest BCUT2D eigenvalue weighted by atomic mass is 10.00. The van der Waals surface area contributed by atoms with Gasteiger partial charge in [0.15, 0.2) is 0 Å². The number of halogens is 1. The Bertz CT molecular complexity index is 770. The summed E-state index contributed by atoms with van der Waals surface area (Å²) in [7, 11) is 0. The molecular weight excluding hydrogens is 357 g/mol. The lowest BCUT2D eigenvalue weighted by Gasteiger charge is -2.35. The van der Waals surface area contributed by atoms with E-state index in [4.69, 9.17) is 4.74 Å². The van der Waals surface area contributed by atoms with Crippen LogP contribution >= 0.6 is 0 Å². The first kappa shape index (κ1) is 20.5. The van der Waals surface area contributed by atoms with Crippen LogP contribution in [-0.4, -0.2) is 41.2 Å². The number of hydrogen-bond acceptors (Lipinski definition) is 3. The van der Waals surface area contributed by atoms with Crippen LogP contribution in [0.3, 0.4) is 0 Å². The summed E-state index contributed by atoms with van der Waals surface area (Å²) in [6.07, 6.45) is 3.37. The largest absolute Gasteiger partial charge is 0.480 e. The lowest BCUT2D eigenvalue weighted by molar-refractivity contribution is -0.145. The number of nitrogens with zero attached hydrogens (tertiary/aromatic N) is 1. The zero-order valence-electron chi connectivity index (χ0n) is 16.3. The van der Waals surface area contributed by atoms with E-state index >= 15 is 0 Å². The lowest BCUT2D eigenvalue weighted by Crippen LogP contribution is -2.47. The zero-order chi connectivity index (χ0) is 19.9. The summed E-state index contributed by atoms with van der Waals surface area (Å²) in [4.78, 5) is 13.5. The van der Waals surface area contributed by atoms with E-state index in [1.165, 1.54) is 12.1 Å². The van der Waals surface area contributed by atoms with Gasteiger partial charge in [-0.25, -0.2) is 4.39 Å². The third kappa shape index (κ3) is 5.18. The van der Waals surface area contributed by atoms with E-state index in [1.54, 1.807) is 12.1 Å². The molecule has 1 fully saturated rings. The molecule has 150 valence electrons. The second-order valence-corrected chi connectivity index (χ2v) is 7.35. The van der Waals surface area contributed by atoms with Crippen LogP contribution in [0.5, 0.6) is 0 Å². The van der Waals surface area contributed by atoms with Crippen molar-refractivity contribution in [2.75, 3.05) is 13.1 Å². The molecule has 0 saturated carbocycles. The van der Waals surface area contributed by atoms with Crippen LogP contribution < -0.4 is 0 Å². The molecule has 3 rings (SSSR count). The molecule has 1 aliphatic rings. The number of benzene rings is 2. The quantitative estimate of drug-likeness (QED) is 0.714. The minimum Gasteiger partial charge on any atom is -0.480 e. The van der Waals surface area contributed by atoms with Crippen molar-refractivity contribution in [3.63, 3.8) is 0 Å². The number of ether oxygens (including phenoxy) is 1. The maximum absolute atomic E-state index is 13.2. The number of likely N-dealkylation sites (tertiary alicyclic amines) is 1. The van der Waals surface area contributed by atoms with Crippen molar-refractivity contribution in [3.05, 3.63) is 59.9 Å². The molecule has 1 saturated heterocycles. The molecule has 0 aliphatic carbocycles. The van der Waals surface area contributed by atoms with E-state index in [2.05, 4.69) is 4.90 Å². The summed E-state index contributed by atoms with van der Waals surface area (Å²) in [6.45, 7) is 4.02. The summed E-state index contributed by atoms with van der Waals surface area (Å²) in [5.74, 6) is -0.971. The van der Waals surface area contributed by atoms with E-state index in [0.717, 1.165) is 49.0 Å². The minimum atomic E-state index is -0.727. The fourth-order valence-corrected chi connectivity index (χ4v) is 3.85. The first-order chi connectivity index (χ1) is 13.6. The van der Waals surface area contributed by atoms with Crippen LogP contribution in [0.25, 0.3) is 11.1 Å². The molecular formula is C23H28FNO3. The SMILES string of the molecule is CCCC(C(=O)O)N1CCC(OCc2ccccc2-c2ccc(F)cc2)CC1. The first-order valence-corrected chi connectivity index (χ1v) is 10.0. The van der Waals surface area contributed by atoms with E-state index in [9.17, 15) is 14.3 Å². The summed E-state index contributed by atoms with van der Waals surface area (Å²) in [6, 6.07) is 14.1. The fraction of sp³-hybridized carbons (Fsp3) is 0.435. The minimum absolute atomic E-state index is 0.133. The van der Waals surface area contributed by atoms with Crippen molar-refractivity contribution in [2.24, 2.45) is 0 Å². The highest BCUT2D eigenvalue weighted by Crippen LogP contribution is 2.26. The summed E-state index contributed by atoms with van der Waals surface area (Å²) in [5.41, 5.74) is 3.10. The normalized spacial score (nSPS) is 16.8. The molecule has 1 aliphatic heterocycles. The van der Waals surface area contributed by atoms with Crippen molar-refractivity contribution < 1.29 is 19.0 Å². The maximum atomic E-state index is 13.2. The highest BCUT2D eigenvalue weighted by Gasteiger charge is 2.29. The van der Waals surface area contributed by atoms with E-state index < -0.39 is 5.97 Å². The molecule has 2 aromatic carbocycles. The molecule has 1 N–H and O–H groups in total. The van der Waals surface area contributed by atoms with Crippen LogP contribution in [0.1, 0.15) is 38.2 Å². The van der Waals surface area contributed by atoms with Gasteiger partial charge in [0.1, 0.15) is 11.9 Å². The van der Waals surface area contributed by atoms with Gasteiger partial charge in [-0.1, -0.05) is 49.7 Å². The highest BCUT2D eigenvalue weighted by atomic mass is 19.1. The zero-order valence-corrected chi connectivity index (χ0v) is 16.3. The summed E-state index contributed by atoms with van der Waals surface area (Å²) in [5, 5.41) is 9.43. The summed E-state index contributed by atoms with van der Waals surface area (Å²) >= 11 is 0. The van der Waals surface area contributed by atoms with Gasteiger partial charge in [-0.05, 0) is 48.1 Å². The van der Waals surface area contributed by atoms with Gasteiger partial charge in [-0.2, -0.15) is 0 Å². The number of aliphatic carboxylic acids is 1. The van der Waals surface area contributed by atoms with Crippen molar-refractivity contribution in [2.45, 2.75) is 51.4 Å². The number of piperidine rings is 1. The van der Waals surface area contributed by atoms with Gasteiger partial charge in [-0.3, -0.25) is 9.69 Å². The maximum Gasteiger partial charge on any atom is 0.320 e. The van der Waals surface area contributed by atoms with E-state index in [0.29, 0.717) is 13.0 Å². The van der Waals surface area contributed by atoms with Crippen molar-refractivity contribution in [3.8, 4) is 11.1 Å². The van der Waals surface area contributed by atoms with Crippen LogP contribution in [0.15, 0.2) is 48.5 Å². The average Bonchev–Trinajstić information content (AvgIpc) is 2.72. The van der Waals surface area contributed by atoms with Gasteiger partial charge in [0.05, 0.1) is 12.7 Å². The number of carbonyl (C=O) groups is 1. The fourth-order valence-electron chi connectivity index (χ4n) is 3.85. The smallest absolute Gasteiger partial charge is 0.320 e. The van der Waals surface area contributed by atoms with Gasteiger partial charge in [-0.15, -0.1) is 0 Å². The first-order valence-electron chi connectivity index (χ1n) is 10.0. The third-order valence-corrected chi connectivity index (χ3v) is 5.41. The van der Waals surface area contributed by atoms with Crippen molar-refractivity contribution in [1.29, 1.82) is 0 Å². The molecule has 0 bridgehead atoms. The molecule has 1 unspecified atom stereocenters. The molecule has 1 atom stereocenters. The van der Waals surface area contributed by atoms with E-state index in [1.807, 2.05) is 31.2 Å². The number of rotatable bonds is 8. The molecule has 5 heteroatoms. The van der Waals surface area contributed by atoms with Crippen molar-refractivity contribution in [1.82, 2.24) is 4.90 Å². The summed E-state index contributed by atoms with van der Waals surface area (Å²) < 4.78 is 19.4. The van der Waals surface area contributed by atoms with Crippen LogP contribution in [0, 0.1) is 5.82 Å². The van der Waals surface area contributed by atoms with Gasteiger partial charge in [0.25, 0.3) is 0 Å². The standard InChI is InChI=1S/C23H28FNO3/c1-2-5-22(23(26)27)25-14-12-20(13-15-25)28-16-18-6-3-4-7-21(18)17-8-10-19(24)11-9-17/h3-4,6-11,20,22H,2,5,12-16H2,1H3,(H,26,27). The number of carboxylic acids is 1. The topological polar surface area (TPSA) is 49.8 Å². The Morgan fingerprint density at radius 2 is 1.86 bits per heavy atom. The van der Waals surface area contributed by atoms with Crippen LogP contribution in [0.2, 0.25) is 0 Å². The molecule has 1 heterocycles. The highest BCUT2D eigenvalue weighted by molar-refractivity contribution is 5.73. The Balaban J connectivity index is 1.58. The Kier molecular flexibility index (Phi) is 7.18. The number of carboxylic acid groups (broad SMARTS) is 1. The second-order valence-electron chi connectivity index (χ2n) is 7.35. The van der Waals surface area contributed by atoms with Gasteiger partial charge >= 0.3 is 5.97 Å². The monoisotopic (exact) mass is 385 g/mol. The Morgan fingerprint density at radius 3 is 2.50 bits per heavy atom. The van der Waals surface area contributed by atoms with Gasteiger partial charge in [0.2, 0.25) is 0 Å². The molecule has 2 aromatic rings. The number of hydrogen-bond donors (Lipinski definition) is 1. The van der Waals surface area contributed by atoms with Crippen LogP contribution in [-0.2, 0) is 16.1 Å². The van der Waals surface area contributed by atoms with Gasteiger partial charge in [0, 0.05) is 13.1 Å². The predicted molar refractivity (Wildman–Crippen MR) is 108 cm³/mol. The predicted octanol–water partition coefficient (Wildman–Crippen LogP) is 4.73. The van der Waals surface area contributed by atoms with Crippen LogP contribution in [0.4, 0.5) is 4.39 Å². The molecule has 0 spiro atoms. The second kappa shape index (κ2) is 9.80. The van der Waals surface area contributed by atoms with Gasteiger partial charge < -0.3 is 9.84 Å². The third-order valence-electron chi connectivity index (χ3n) is 5.41. The average molecular weight is 385 g/mol.